The molecule has 0 saturated heterocycles. The van der Waals surface area contributed by atoms with E-state index in [0.29, 0.717) is 0 Å². The van der Waals surface area contributed by atoms with E-state index in [2.05, 4.69) is 26.9 Å². The normalized spacial score (nSPS) is 11.4. The van der Waals surface area contributed by atoms with E-state index in [-0.39, 0.29) is 30.0 Å². The molecule has 10 heteroatoms. The van der Waals surface area contributed by atoms with Crippen molar-refractivity contribution in [1.29, 1.82) is 0 Å². The van der Waals surface area contributed by atoms with E-state index < -0.39 is 27.7 Å². The third kappa shape index (κ3) is 6.68. The average Bonchev–Trinajstić information content (AvgIpc) is 2.65. The number of alkyl halides is 3. The van der Waals surface area contributed by atoms with Gasteiger partial charge in [-0.3, -0.25) is 9.78 Å². The number of pyridine rings is 1. The van der Waals surface area contributed by atoms with E-state index in [4.69, 9.17) is 0 Å². The molecule has 0 spiro atoms. The van der Waals surface area contributed by atoms with Gasteiger partial charge in [-0.2, -0.15) is 13.2 Å². The Morgan fingerprint density at radius 3 is 2.64 bits per heavy atom. The van der Waals surface area contributed by atoms with Crippen LogP contribution in [-0.2, 0) is 21.0 Å². The Hall–Kier alpha value is -2.90. The van der Waals surface area contributed by atoms with Gasteiger partial charge in [-0.1, -0.05) is 17.9 Å². The van der Waals surface area contributed by atoms with Crippen molar-refractivity contribution in [3.8, 4) is 11.8 Å². The number of carbonyl (C=O) groups excluding carboxylic acids is 1. The zero-order valence-electron chi connectivity index (χ0n) is 14.5. The predicted octanol–water partition coefficient (Wildman–Crippen LogP) is 1.94. The summed E-state index contributed by atoms with van der Waals surface area (Å²) in [6.45, 7) is -0.200. The summed E-state index contributed by atoms with van der Waals surface area (Å²) in [7, 11) is -3.75. The number of benzene rings is 1. The molecule has 0 fully saturated rings. The zero-order valence-corrected chi connectivity index (χ0v) is 15.3. The predicted molar refractivity (Wildman–Crippen MR) is 95.4 cm³/mol. The van der Waals surface area contributed by atoms with Gasteiger partial charge < -0.3 is 5.32 Å². The third-order valence-corrected chi connectivity index (χ3v) is 4.83. The highest BCUT2D eigenvalue weighted by Gasteiger charge is 2.30. The lowest BCUT2D eigenvalue weighted by atomic mass is 10.1. The Balaban J connectivity index is 1.78. The second-order valence-corrected chi connectivity index (χ2v) is 7.26. The van der Waals surface area contributed by atoms with Gasteiger partial charge in [0.2, 0.25) is 15.9 Å². The lowest BCUT2D eigenvalue weighted by molar-refractivity contribution is -0.137. The largest absolute Gasteiger partial charge is 0.416 e. The van der Waals surface area contributed by atoms with E-state index >= 15 is 0 Å². The third-order valence-electron chi connectivity index (χ3n) is 3.39. The molecule has 148 valence electrons. The molecule has 1 amide bonds. The Labute approximate surface area is 160 Å². The molecule has 1 aromatic carbocycles. The van der Waals surface area contributed by atoms with Gasteiger partial charge in [-0.15, -0.1) is 0 Å². The summed E-state index contributed by atoms with van der Waals surface area (Å²) < 4.78 is 64.0. The second kappa shape index (κ2) is 9.34. The summed E-state index contributed by atoms with van der Waals surface area (Å²) in [5, 5.41) is 2.44. The van der Waals surface area contributed by atoms with Crippen LogP contribution >= 0.6 is 0 Å². The Morgan fingerprint density at radius 2 is 1.96 bits per heavy atom. The second-order valence-electron chi connectivity index (χ2n) is 5.49. The maximum atomic E-state index is 12.6. The van der Waals surface area contributed by atoms with Crippen molar-refractivity contribution in [3.63, 3.8) is 0 Å². The van der Waals surface area contributed by atoms with E-state index in [1.165, 1.54) is 36.7 Å². The molecule has 0 bridgehead atoms. The van der Waals surface area contributed by atoms with Crippen LogP contribution in [0.25, 0.3) is 0 Å². The summed E-state index contributed by atoms with van der Waals surface area (Å²) in [4.78, 5) is 15.4. The molecule has 2 rings (SSSR count). The maximum Gasteiger partial charge on any atom is 0.416 e. The number of aromatic nitrogens is 1. The molecule has 0 atom stereocenters. The molecular formula is C18H16F3N3O3S. The molecule has 2 N–H and O–H groups in total. The molecule has 0 unspecified atom stereocenters. The molecule has 6 nitrogen and oxygen atoms in total. The van der Waals surface area contributed by atoms with Crippen molar-refractivity contribution in [1.82, 2.24) is 15.0 Å². The van der Waals surface area contributed by atoms with Gasteiger partial charge in [0, 0.05) is 30.9 Å². The maximum absolute atomic E-state index is 12.6. The first-order chi connectivity index (χ1) is 13.2. The number of carbonyl (C=O) groups is 1. The minimum Gasteiger partial charge on any atom is -0.345 e. The molecule has 0 aliphatic rings. The van der Waals surface area contributed by atoms with Crippen LogP contribution < -0.4 is 10.0 Å². The molecule has 1 aromatic heterocycles. The molecule has 0 saturated carbocycles. The zero-order chi connectivity index (χ0) is 20.6. The van der Waals surface area contributed by atoms with Crippen molar-refractivity contribution in [2.75, 3.05) is 13.1 Å². The van der Waals surface area contributed by atoms with Crippen LogP contribution in [0.1, 0.15) is 17.5 Å². The summed E-state index contributed by atoms with van der Waals surface area (Å²) in [5.74, 6) is 4.63. The van der Waals surface area contributed by atoms with Crippen LogP contribution in [0.3, 0.4) is 0 Å². The van der Waals surface area contributed by atoms with Crippen molar-refractivity contribution in [2.24, 2.45) is 0 Å². The van der Waals surface area contributed by atoms with Crippen molar-refractivity contribution >= 4 is 15.9 Å². The van der Waals surface area contributed by atoms with Crippen LogP contribution in [0.4, 0.5) is 13.2 Å². The van der Waals surface area contributed by atoms with Gasteiger partial charge in [-0.25, -0.2) is 13.1 Å². The number of hydrogen-bond donors (Lipinski definition) is 2. The average molecular weight is 411 g/mol. The summed E-state index contributed by atoms with van der Waals surface area (Å²) in [6.07, 6.45) is -1.95. The fraction of sp³-hybridized carbons (Fsp3) is 0.222. The number of amides is 1. The van der Waals surface area contributed by atoms with Crippen LogP contribution in [0.5, 0.6) is 0 Å². The monoisotopic (exact) mass is 411 g/mol. The van der Waals surface area contributed by atoms with Gasteiger partial charge in [-0.05, 0) is 30.3 Å². The quantitative estimate of drug-likeness (QED) is 0.711. The highest BCUT2D eigenvalue weighted by atomic mass is 32.2. The van der Waals surface area contributed by atoms with E-state index in [1.807, 2.05) is 0 Å². The van der Waals surface area contributed by atoms with Crippen LogP contribution in [-0.4, -0.2) is 32.4 Å². The Kier molecular flexibility index (Phi) is 7.14. The van der Waals surface area contributed by atoms with E-state index in [0.717, 1.165) is 12.1 Å². The van der Waals surface area contributed by atoms with Crippen molar-refractivity contribution < 1.29 is 26.4 Å². The fourth-order valence-electron chi connectivity index (χ4n) is 2.04. The molecule has 28 heavy (non-hydrogen) atoms. The highest BCUT2D eigenvalue weighted by molar-refractivity contribution is 7.89. The first kappa shape index (κ1) is 21.4. The molecule has 1 heterocycles. The standard InChI is InChI=1S/C18H16F3N3O3S/c19-18(20,21)15-6-1-4-14(12-15)5-2-10-23-17(25)8-11-24-28(26,27)16-7-3-9-22-13-16/h1,3-4,6-7,9,12-13,24H,8,10-11H2,(H,23,25). The Bertz CT molecular complexity index is 982. The fourth-order valence-corrected chi connectivity index (χ4v) is 3.03. The van der Waals surface area contributed by atoms with Gasteiger partial charge >= 0.3 is 6.18 Å². The van der Waals surface area contributed by atoms with E-state index in [1.54, 1.807) is 0 Å². The molecule has 0 aliphatic heterocycles. The van der Waals surface area contributed by atoms with Gasteiger partial charge in [0.25, 0.3) is 0 Å². The molecular weight excluding hydrogens is 395 g/mol. The first-order valence-corrected chi connectivity index (χ1v) is 9.49. The first-order valence-electron chi connectivity index (χ1n) is 8.01. The van der Waals surface area contributed by atoms with Crippen LogP contribution in [0.15, 0.2) is 53.7 Å². The highest BCUT2D eigenvalue weighted by Crippen LogP contribution is 2.29. The van der Waals surface area contributed by atoms with E-state index in [9.17, 15) is 26.4 Å². The topological polar surface area (TPSA) is 88.2 Å². The SMILES string of the molecule is O=C(CCNS(=O)(=O)c1cccnc1)NCC#Cc1cccc(C(F)(F)F)c1. The van der Waals surface area contributed by atoms with Crippen LogP contribution in [0.2, 0.25) is 0 Å². The smallest absolute Gasteiger partial charge is 0.345 e. The van der Waals surface area contributed by atoms with Gasteiger partial charge in [0.15, 0.2) is 0 Å². The molecule has 0 aliphatic carbocycles. The number of rotatable bonds is 6. The van der Waals surface area contributed by atoms with Crippen molar-refractivity contribution in [2.45, 2.75) is 17.5 Å². The number of nitrogens with one attached hydrogen (secondary N) is 2. The Morgan fingerprint density at radius 1 is 1.18 bits per heavy atom. The summed E-state index contributed by atoms with van der Waals surface area (Å²) in [5.41, 5.74) is -0.627. The molecule has 0 radical (unpaired) electrons. The van der Waals surface area contributed by atoms with Crippen LogP contribution in [0, 0.1) is 11.8 Å². The number of sulfonamides is 1. The minimum absolute atomic E-state index is 0.0117. The van der Waals surface area contributed by atoms with Gasteiger partial charge in [0.1, 0.15) is 4.90 Å². The lowest BCUT2D eigenvalue weighted by Gasteiger charge is -2.06. The van der Waals surface area contributed by atoms with Gasteiger partial charge in [0.05, 0.1) is 12.1 Å². The summed E-state index contributed by atoms with van der Waals surface area (Å²) >= 11 is 0. The summed E-state index contributed by atoms with van der Waals surface area (Å²) in [6, 6.07) is 7.39. The molecule has 2 aromatic rings. The number of halogens is 3. The number of nitrogens with zero attached hydrogens (tertiary/aromatic N) is 1. The van der Waals surface area contributed by atoms with Crippen molar-refractivity contribution in [3.05, 3.63) is 59.9 Å². The lowest BCUT2D eigenvalue weighted by Crippen LogP contribution is -2.31. The minimum atomic E-state index is -4.45. The number of hydrogen-bond acceptors (Lipinski definition) is 4.